The van der Waals surface area contributed by atoms with Gasteiger partial charge in [-0.05, 0) is 40.9 Å². The third kappa shape index (κ3) is 3.67. The molecule has 0 fully saturated rings. The van der Waals surface area contributed by atoms with Crippen LogP contribution in [-0.2, 0) is 0 Å². The zero-order chi connectivity index (χ0) is 12.8. The molecule has 17 heavy (non-hydrogen) atoms. The van der Waals surface area contributed by atoms with Gasteiger partial charge in [0.05, 0.1) is 15.7 Å². The van der Waals surface area contributed by atoms with E-state index in [2.05, 4.69) is 21.2 Å². The van der Waals surface area contributed by atoms with E-state index in [1.165, 1.54) is 12.1 Å². The Morgan fingerprint density at radius 3 is 2.71 bits per heavy atom. The number of anilines is 1. The first-order valence-electron chi connectivity index (χ1n) is 5.14. The molecule has 0 atom stereocenters. The molecule has 6 heteroatoms. The maximum Gasteiger partial charge on any atom is 0.336 e. The van der Waals surface area contributed by atoms with Gasteiger partial charge in [0.1, 0.15) is 0 Å². The van der Waals surface area contributed by atoms with Crippen LogP contribution in [0.2, 0.25) is 0 Å². The third-order valence-electron chi connectivity index (χ3n) is 2.21. The molecule has 0 bridgehead atoms. The molecule has 4 nitrogen and oxygen atoms in total. The number of aliphatic hydroxyl groups is 1. The normalized spacial score (nSPS) is 10.3. The number of carbonyl (C=O) groups is 1. The van der Waals surface area contributed by atoms with Gasteiger partial charge in [-0.3, -0.25) is 0 Å². The van der Waals surface area contributed by atoms with Gasteiger partial charge in [0.2, 0.25) is 0 Å². The van der Waals surface area contributed by atoms with E-state index in [0.29, 0.717) is 19.4 Å². The van der Waals surface area contributed by atoms with Crippen molar-refractivity contribution in [3.05, 3.63) is 28.0 Å². The van der Waals surface area contributed by atoms with E-state index in [4.69, 9.17) is 10.2 Å². The second-order valence-corrected chi connectivity index (χ2v) is 4.24. The Balaban J connectivity index is 2.75. The lowest BCUT2D eigenvalue weighted by Crippen LogP contribution is -2.07. The summed E-state index contributed by atoms with van der Waals surface area (Å²) in [4.78, 5) is 10.7. The summed E-state index contributed by atoms with van der Waals surface area (Å²) >= 11 is 2.92. The number of unbranched alkanes of at least 4 members (excludes halogenated alkanes) is 1. The predicted octanol–water partition coefficient (Wildman–Crippen LogP) is 2.47. The van der Waals surface area contributed by atoms with Gasteiger partial charge in [-0.1, -0.05) is 0 Å². The van der Waals surface area contributed by atoms with Crippen LogP contribution in [0.15, 0.2) is 16.6 Å². The molecule has 0 aliphatic heterocycles. The minimum atomic E-state index is -1.18. The number of carboxylic acids is 1. The van der Waals surface area contributed by atoms with Crippen molar-refractivity contribution in [2.45, 2.75) is 12.8 Å². The Kier molecular flexibility index (Phi) is 5.37. The Hall–Kier alpha value is -1.14. The van der Waals surface area contributed by atoms with Crippen molar-refractivity contribution in [3.63, 3.8) is 0 Å². The summed E-state index contributed by atoms with van der Waals surface area (Å²) in [5.41, 5.74) is 0.142. The summed E-state index contributed by atoms with van der Waals surface area (Å²) in [6, 6.07) is 2.73. The van der Waals surface area contributed by atoms with Gasteiger partial charge in [-0.25, -0.2) is 9.18 Å². The molecular formula is C11H13BrFNO3. The second-order valence-electron chi connectivity index (χ2n) is 3.45. The minimum Gasteiger partial charge on any atom is -0.478 e. The highest BCUT2D eigenvalue weighted by Crippen LogP contribution is 2.27. The average Bonchev–Trinajstić information content (AvgIpc) is 2.29. The first-order chi connectivity index (χ1) is 8.07. The lowest BCUT2D eigenvalue weighted by atomic mass is 10.2. The Labute approximate surface area is 107 Å². The third-order valence-corrected chi connectivity index (χ3v) is 2.99. The SMILES string of the molecule is O=C(O)c1ccc(NCCCCO)c(F)c1Br. The molecule has 1 aromatic rings. The van der Waals surface area contributed by atoms with E-state index in [0.717, 1.165) is 0 Å². The molecule has 1 aromatic carbocycles. The van der Waals surface area contributed by atoms with Crippen LogP contribution in [0.25, 0.3) is 0 Å². The number of rotatable bonds is 6. The van der Waals surface area contributed by atoms with Crippen LogP contribution in [0.4, 0.5) is 10.1 Å². The van der Waals surface area contributed by atoms with Crippen molar-refractivity contribution in [3.8, 4) is 0 Å². The number of hydrogen-bond donors (Lipinski definition) is 3. The van der Waals surface area contributed by atoms with Crippen LogP contribution in [0, 0.1) is 5.82 Å². The van der Waals surface area contributed by atoms with Gasteiger partial charge < -0.3 is 15.5 Å². The number of aromatic carboxylic acids is 1. The molecule has 0 aliphatic carbocycles. The maximum atomic E-state index is 13.7. The summed E-state index contributed by atoms with van der Waals surface area (Å²) in [7, 11) is 0. The van der Waals surface area contributed by atoms with Crippen molar-refractivity contribution < 1.29 is 19.4 Å². The van der Waals surface area contributed by atoms with Crippen molar-refractivity contribution in [1.82, 2.24) is 0 Å². The average molecular weight is 306 g/mol. The highest BCUT2D eigenvalue weighted by atomic mass is 79.9. The summed E-state index contributed by atoms with van der Waals surface area (Å²) in [5, 5.41) is 20.2. The zero-order valence-corrected chi connectivity index (χ0v) is 10.6. The van der Waals surface area contributed by atoms with Crippen molar-refractivity contribution >= 4 is 27.6 Å². The van der Waals surface area contributed by atoms with Crippen LogP contribution in [0.3, 0.4) is 0 Å². The lowest BCUT2D eigenvalue weighted by molar-refractivity contribution is 0.0695. The number of halogens is 2. The van der Waals surface area contributed by atoms with E-state index < -0.39 is 11.8 Å². The molecule has 0 heterocycles. The fourth-order valence-electron chi connectivity index (χ4n) is 1.31. The Morgan fingerprint density at radius 1 is 1.41 bits per heavy atom. The van der Waals surface area contributed by atoms with Crippen molar-refractivity contribution in [1.29, 1.82) is 0 Å². The van der Waals surface area contributed by atoms with Crippen LogP contribution >= 0.6 is 15.9 Å². The van der Waals surface area contributed by atoms with Crippen LogP contribution in [0.1, 0.15) is 23.2 Å². The monoisotopic (exact) mass is 305 g/mol. The van der Waals surface area contributed by atoms with E-state index in [1.807, 2.05) is 0 Å². The van der Waals surface area contributed by atoms with Crippen molar-refractivity contribution in [2.24, 2.45) is 0 Å². The molecule has 0 aliphatic rings. The molecule has 94 valence electrons. The van der Waals surface area contributed by atoms with E-state index in [-0.39, 0.29) is 22.3 Å². The van der Waals surface area contributed by atoms with Gasteiger partial charge in [-0.2, -0.15) is 0 Å². The van der Waals surface area contributed by atoms with E-state index in [1.54, 1.807) is 0 Å². The smallest absolute Gasteiger partial charge is 0.336 e. The predicted molar refractivity (Wildman–Crippen MR) is 65.9 cm³/mol. The maximum absolute atomic E-state index is 13.7. The fraction of sp³-hybridized carbons (Fsp3) is 0.364. The van der Waals surface area contributed by atoms with Gasteiger partial charge in [-0.15, -0.1) is 0 Å². The summed E-state index contributed by atoms with van der Waals surface area (Å²) < 4.78 is 13.7. The molecule has 1 rings (SSSR count). The molecule has 0 saturated carbocycles. The second kappa shape index (κ2) is 6.56. The van der Waals surface area contributed by atoms with E-state index in [9.17, 15) is 9.18 Å². The standard InChI is InChI=1S/C11H13BrFNO3/c12-9-7(11(16)17)3-4-8(10(9)13)14-5-1-2-6-15/h3-4,14-15H,1-2,5-6H2,(H,16,17). The number of aliphatic hydroxyl groups excluding tert-OH is 1. The molecule has 0 amide bonds. The van der Waals surface area contributed by atoms with Crippen LogP contribution in [0.5, 0.6) is 0 Å². The zero-order valence-electron chi connectivity index (χ0n) is 9.04. The van der Waals surface area contributed by atoms with E-state index >= 15 is 0 Å². The van der Waals surface area contributed by atoms with Gasteiger partial charge in [0, 0.05) is 13.2 Å². The largest absolute Gasteiger partial charge is 0.478 e. The quantitative estimate of drug-likeness (QED) is 0.706. The number of carboxylic acid groups (broad SMARTS) is 1. The first-order valence-corrected chi connectivity index (χ1v) is 5.93. The number of benzene rings is 1. The van der Waals surface area contributed by atoms with Gasteiger partial charge in [0.15, 0.2) is 5.82 Å². The molecule has 0 spiro atoms. The van der Waals surface area contributed by atoms with Crippen LogP contribution in [-0.4, -0.2) is 29.3 Å². The molecule has 0 aromatic heterocycles. The lowest BCUT2D eigenvalue weighted by Gasteiger charge is -2.09. The van der Waals surface area contributed by atoms with Gasteiger partial charge >= 0.3 is 5.97 Å². The first kappa shape index (κ1) is 13.9. The Morgan fingerprint density at radius 2 is 2.12 bits per heavy atom. The Bertz CT molecular complexity index is 412. The fourth-order valence-corrected chi connectivity index (χ4v) is 1.83. The van der Waals surface area contributed by atoms with Gasteiger partial charge in [0.25, 0.3) is 0 Å². The molecule has 0 unspecified atom stereocenters. The summed E-state index contributed by atoms with van der Waals surface area (Å²) in [6.45, 7) is 0.627. The molecule has 0 saturated heterocycles. The highest BCUT2D eigenvalue weighted by molar-refractivity contribution is 9.10. The molecular weight excluding hydrogens is 293 g/mol. The summed E-state index contributed by atoms with van der Waals surface area (Å²) in [5.74, 6) is -1.79. The minimum absolute atomic E-state index is 0.0582. The number of nitrogens with one attached hydrogen (secondary N) is 1. The molecule has 0 radical (unpaired) electrons. The number of hydrogen-bond acceptors (Lipinski definition) is 3. The van der Waals surface area contributed by atoms with Crippen molar-refractivity contribution in [2.75, 3.05) is 18.5 Å². The highest BCUT2D eigenvalue weighted by Gasteiger charge is 2.15. The summed E-state index contributed by atoms with van der Waals surface area (Å²) in [6.07, 6.45) is 1.36. The molecule has 3 N–H and O–H groups in total. The topological polar surface area (TPSA) is 69.6 Å². The van der Waals surface area contributed by atoms with Crippen LogP contribution < -0.4 is 5.32 Å².